The second-order valence-electron chi connectivity index (χ2n) is 4.46. The normalized spacial score (nSPS) is 12.2. The number of thioether (sulfide) groups is 1. The third kappa shape index (κ3) is 4.35. The van der Waals surface area contributed by atoms with Gasteiger partial charge in [0.25, 0.3) is 5.91 Å². The molecule has 1 aromatic rings. The van der Waals surface area contributed by atoms with Crippen molar-refractivity contribution in [2.75, 3.05) is 18.6 Å². The zero-order chi connectivity index (χ0) is 13.5. The topological polar surface area (TPSA) is 49.3 Å². The standard InChI is InChI=1S/C14H21NO2S/c1-10-4-5-13(11(2)8-10)14(17)15-12(6-7-16)9-18-3/h4-5,8,12,16H,6-7,9H2,1-3H3,(H,15,17). The Morgan fingerprint density at radius 2 is 2.17 bits per heavy atom. The van der Waals surface area contributed by atoms with E-state index in [0.717, 1.165) is 16.9 Å². The largest absolute Gasteiger partial charge is 0.396 e. The van der Waals surface area contributed by atoms with E-state index in [0.29, 0.717) is 12.0 Å². The first-order valence-electron chi connectivity index (χ1n) is 6.06. The first-order valence-corrected chi connectivity index (χ1v) is 7.45. The van der Waals surface area contributed by atoms with Gasteiger partial charge in [-0.2, -0.15) is 11.8 Å². The number of hydrogen-bond donors (Lipinski definition) is 2. The molecule has 2 N–H and O–H groups in total. The SMILES string of the molecule is CSCC(CCO)NC(=O)c1ccc(C)cc1C. The molecule has 0 heterocycles. The summed E-state index contributed by atoms with van der Waals surface area (Å²) in [6, 6.07) is 5.83. The van der Waals surface area contributed by atoms with Gasteiger partial charge in [0.15, 0.2) is 0 Å². The number of carbonyl (C=O) groups excluding carboxylic acids is 1. The van der Waals surface area contributed by atoms with Crippen molar-refractivity contribution in [1.82, 2.24) is 5.32 Å². The number of nitrogens with one attached hydrogen (secondary N) is 1. The van der Waals surface area contributed by atoms with Crippen molar-refractivity contribution in [2.24, 2.45) is 0 Å². The van der Waals surface area contributed by atoms with Crippen LogP contribution in [0.5, 0.6) is 0 Å². The molecule has 0 fully saturated rings. The fourth-order valence-corrected chi connectivity index (χ4v) is 2.54. The van der Waals surface area contributed by atoms with Gasteiger partial charge >= 0.3 is 0 Å². The van der Waals surface area contributed by atoms with Gasteiger partial charge in [0.1, 0.15) is 0 Å². The number of hydrogen-bond acceptors (Lipinski definition) is 3. The minimum absolute atomic E-state index is 0.0261. The highest BCUT2D eigenvalue weighted by atomic mass is 32.2. The van der Waals surface area contributed by atoms with E-state index in [2.05, 4.69) is 5.32 Å². The Bertz CT molecular complexity index is 401. The molecule has 4 heteroatoms. The van der Waals surface area contributed by atoms with Gasteiger partial charge < -0.3 is 10.4 Å². The average molecular weight is 267 g/mol. The summed E-state index contributed by atoms with van der Waals surface area (Å²) in [7, 11) is 0. The Kier molecular flexibility index (Phi) is 6.22. The second-order valence-corrected chi connectivity index (χ2v) is 5.37. The van der Waals surface area contributed by atoms with Gasteiger partial charge in [-0.25, -0.2) is 0 Å². The fourth-order valence-electron chi connectivity index (χ4n) is 1.89. The van der Waals surface area contributed by atoms with Gasteiger partial charge in [0.05, 0.1) is 0 Å². The van der Waals surface area contributed by atoms with Gasteiger partial charge in [-0.15, -0.1) is 0 Å². The Hall–Kier alpha value is -1.00. The smallest absolute Gasteiger partial charge is 0.251 e. The number of aliphatic hydroxyl groups is 1. The fraction of sp³-hybridized carbons (Fsp3) is 0.500. The van der Waals surface area contributed by atoms with Gasteiger partial charge in [-0.3, -0.25) is 4.79 Å². The lowest BCUT2D eigenvalue weighted by Gasteiger charge is -2.17. The van der Waals surface area contributed by atoms with Crippen LogP contribution in [0.2, 0.25) is 0 Å². The average Bonchev–Trinajstić information content (AvgIpc) is 2.29. The number of aryl methyl sites for hydroxylation is 2. The molecule has 0 aliphatic carbocycles. The van der Waals surface area contributed by atoms with Crippen LogP contribution in [0.1, 0.15) is 27.9 Å². The van der Waals surface area contributed by atoms with E-state index in [1.165, 1.54) is 0 Å². The molecule has 0 aliphatic rings. The van der Waals surface area contributed by atoms with E-state index in [9.17, 15) is 4.79 Å². The molecular formula is C14H21NO2S. The van der Waals surface area contributed by atoms with Crippen LogP contribution >= 0.6 is 11.8 Å². The second kappa shape index (κ2) is 7.44. The predicted octanol–water partition coefficient (Wildman–Crippen LogP) is 2.15. The van der Waals surface area contributed by atoms with Gasteiger partial charge in [0.2, 0.25) is 0 Å². The van der Waals surface area contributed by atoms with Crippen molar-refractivity contribution >= 4 is 17.7 Å². The Balaban J connectivity index is 2.73. The zero-order valence-electron chi connectivity index (χ0n) is 11.2. The molecule has 1 rings (SSSR count). The van der Waals surface area contributed by atoms with Crippen LogP contribution in [0, 0.1) is 13.8 Å². The molecule has 1 atom stereocenters. The van der Waals surface area contributed by atoms with Crippen molar-refractivity contribution in [3.8, 4) is 0 Å². The minimum atomic E-state index is -0.0556. The first-order chi connectivity index (χ1) is 8.58. The van der Waals surface area contributed by atoms with Crippen molar-refractivity contribution in [2.45, 2.75) is 26.3 Å². The minimum Gasteiger partial charge on any atom is -0.396 e. The summed E-state index contributed by atoms with van der Waals surface area (Å²) in [4.78, 5) is 12.1. The molecule has 3 nitrogen and oxygen atoms in total. The van der Waals surface area contributed by atoms with Crippen LogP contribution in [0.15, 0.2) is 18.2 Å². The lowest BCUT2D eigenvalue weighted by Crippen LogP contribution is -2.37. The maximum Gasteiger partial charge on any atom is 0.251 e. The highest BCUT2D eigenvalue weighted by Gasteiger charge is 2.14. The van der Waals surface area contributed by atoms with Gasteiger partial charge in [-0.1, -0.05) is 17.7 Å². The highest BCUT2D eigenvalue weighted by Crippen LogP contribution is 2.11. The molecule has 0 spiro atoms. The molecular weight excluding hydrogens is 246 g/mol. The molecule has 1 aromatic carbocycles. The van der Waals surface area contributed by atoms with E-state index >= 15 is 0 Å². The van der Waals surface area contributed by atoms with Crippen LogP contribution < -0.4 is 5.32 Å². The summed E-state index contributed by atoms with van der Waals surface area (Å²) in [5.74, 6) is 0.761. The van der Waals surface area contributed by atoms with Crippen LogP contribution in [0.25, 0.3) is 0 Å². The maximum absolute atomic E-state index is 12.1. The Morgan fingerprint density at radius 1 is 1.44 bits per heavy atom. The molecule has 0 saturated carbocycles. The maximum atomic E-state index is 12.1. The number of rotatable bonds is 6. The van der Waals surface area contributed by atoms with E-state index in [1.54, 1.807) is 11.8 Å². The lowest BCUT2D eigenvalue weighted by atomic mass is 10.0. The molecule has 0 aromatic heterocycles. The third-order valence-electron chi connectivity index (χ3n) is 2.81. The van der Waals surface area contributed by atoms with Crippen molar-refractivity contribution in [1.29, 1.82) is 0 Å². The Morgan fingerprint density at radius 3 is 2.72 bits per heavy atom. The molecule has 1 unspecified atom stereocenters. The molecule has 0 bridgehead atoms. The van der Waals surface area contributed by atoms with Crippen LogP contribution in [0.4, 0.5) is 0 Å². The quantitative estimate of drug-likeness (QED) is 0.830. The van der Waals surface area contributed by atoms with E-state index in [1.807, 2.05) is 38.3 Å². The van der Waals surface area contributed by atoms with Crippen LogP contribution in [0.3, 0.4) is 0 Å². The molecule has 0 saturated heterocycles. The third-order valence-corrected chi connectivity index (χ3v) is 3.54. The van der Waals surface area contributed by atoms with Gasteiger partial charge in [0, 0.05) is 24.0 Å². The number of aliphatic hydroxyl groups excluding tert-OH is 1. The number of benzene rings is 1. The first kappa shape index (κ1) is 15.1. The summed E-state index contributed by atoms with van der Waals surface area (Å²) in [5, 5.41) is 12.0. The molecule has 0 radical (unpaired) electrons. The van der Waals surface area contributed by atoms with E-state index in [4.69, 9.17) is 5.11 Å². The van der Waals surface area contributed by atoms with Gasteiger partial charge in [-0.05, 0) is 38.2 Å². The Labute approximate surface area is 113 Å². The monoisotopic (exact) mass is 267 g/mol. The lowest BCUT2D eigenvalue weighted by molar-refractivity contribution is 0.0934. The molecule has 0 aliphatic heterocycles. The summed E-state index contributed by atoms with van der Waals surface area (Å²) in [6.07, 6.45) is 2.59. The summed E-state index contributed by atoms with van der Waals surface area (Å²) >= 11 is 1.67. The predicted molar refractivity (Wildman–Crippen MR) is 77.3 cm³/mol. The van der Waals surface area contributed by atoms with Crippen molar-refractivity contribution in [3.63, 3.8) is 0 Å². The van der Waals surface area contributed by atoms with E-state index in [-0.39, 0.29) is 18.6 Å². The summed E-state index contributed by atoms with van der Waals surface area (Å²) < 4.78 is 0. The molecule has 100 valence electrons. The van der Waals surface area contributed by atoms with Crippen LogP contribution in [-0.2, 0) is 0 Å². The zero-order valence-corrected chi connectivity index (χ0v) is 12.0. The van der Waals surface area contributed by atoms with E-state index < -0.39 is 0 Å². The number of amides is 1. The highest BCUT2D eigenvalue weighted by molar-refractivity contribution is 7.98. The molecule has 1 amide bonds. The summed E-state index contributed by atoms with van der Waals surface area (Å²) in [5.41, 5.74) is 2.85. The molecule has 18 heavy (non-hydrogen) atoms. The summed E-state index contributed by atoms with van der Waals surface area (Å²) in [6.45, 7) is 4.05. The van der Waals surface area contributed by atoms with Crippen molar-refractivity contribution < 1.29 is 9.90 Å². The van der Waals surface area contributed by atoms with Crippen LogP contribution in [-0.4, -0.2) is 35.7 Å². The number of carbonyl (C=O) groups is 1. The van der Waals surface area contributed by atoms with Crippen molar-refractivity contribution in [3.05, 3.63) is 34.9 Å².